The van der Waals surface area contributed by atoms with E-state index in [1.165, 1.54) is 18.4 Å². The van der Waals surface area contributed by atoms with Gasteiger partial charge in [-0.2, -0.15) is 0 Å². The van der Waals surface area contributed by atoms with Gasteiger partial charge in [0.05, 0.1) is 12.8 Å². The highest BCUT2D eigenvalue weighted by Crippen LogP contribution is 2.45. The number of furan rings is 1. The molecule has 0 radical (unpaired) electrons. The van der Waals surface area contributed by atoms with Gasteiger partial charge in [-0.05, 0) is 30.5 Å². The summed E-state index contributed by atoms with van der Waals surface area (Å²) in [4.78, 5) is 0. The lowest BCUT2D eigenvalue weighted by Crippen LogP contribution is -2.28. The molecule has 0 amide bonds. The average Bonchev–Trinajstić information content (AvgIpc) is 2.96. The molecule has 1 heterocycles. The van der Waals surface area contributed by atoms with Gasteiger partial charge in [-0.1, -0.05) is 30.3 Å². The summed E-state index contributed by atoms with van der Waals surface area (Å²) in [5, 5.41) is 3.60. The van der Waals surface area contributed by atoms with Gasteiger partial charge >= 0.3 is 0 Å². The van der Waals surface area contributed by atoms with E-state index in [2.05, 4.69) is 35.6 Å². The van der Waals surface area contributed by atoms with Crippen LogP contribution in [0.15, 0.2) is 53.1 Å². The summed E-state index contributed by atoms with van der Waals surface area (Å²) in [6.45, 7) is 0.807. The fourth-order valence-corrected chi connectivity index (χ4v) is 2.12. The van der Waals surface area contributed by atoms with Crippen molar-refractivity contribution in [3.63, 3.8) is 0 Å². The predicted octanol–water partition coefficient (Wildman–Crippen LogP) is 3.06. The quantitative estimate of drug-likeness (QED) is 0.844. The van der Waals surface area contributed by atoms with Gasteiger partial charge in [-0.3, -0.25) is 0 Å². The van der Waals surface area contributed by atoms with E-state index in [9.17, 15) is 0 Å². The van der Waals surface area contributed by atoms with Crippen LogP contribution in [0.25, 0.3) is 0 Å². The van der Waals surface area contributed by atoms with Crippen molar-refractivity contribution in [2.24, 2.45) is 0 Å². The van der Waals surface area contributed by atoms with Gasteiger partial charge in [0.25, 0.3) is 0 Å². The van der Waals surface area contributed by atoms with Crippen LogP contribution in [-0.4, -0.2) is 0 Å². The maximum Gasteiger partial charge on any atom is 0.117 e. The van der Waals surface area contributed by atoms with Crippen molar-refractivity contribution >= 4 is 0 Å². The molecule has 0 atom stereocenters. The largest absolute Gasteiger partial charge is 0.468 e. The standard InChI is InChI=1S/C14H15NO/c1-2-5-12(6-3-1)14(8-9-14)15-11-13-7-4-10-16-13/h1-7,10,15H,8-9,11H2. The molecule has 1 fully saturated rings. The minimum Gasteiger partial charge on any atom is -0.468 e. The Morgan fingerprint density at radius 2 is 1.88 bits per heavy atom. The van der Waals surface area contributed by atoms with Crippen molar-refractivity contribution in [3.8, 4) is 0 Å². The Bertz CT molecular complexity index is 443. The third-order valence-corrected chi connectivity index (χ3v) is 3.26. The van der Waals surface area contributed by atoms with Crippen molar-refractivity contribution in [3.05, 3.63) is 60.1 Å². The van der Waals surface area contributed by atoms with E-state index in [-0.39, 0.29) is 5.54 Å². The maximum atomic E-state index is 5.33. The minimum atomic E-state index is 0.202. The SMILES string of the molecule is c1ccc(C2(NCc3ccco3)CC2)cc1. The molecule has 2 aromatic rings. The van der Waals surface area contributed by atoms with Crippen LogP contribution in [0, 0.1) is 0 Å². The third-order valence-electron chi connectivity index (χ3n) is 3.26. The van der Waals surface area contributed by atoms with Crippen LogP contribution in [0.2, 0.25) is 0 Å². The van der Waals surface area contributed by atoms with Crippen LogP contribution in [0.3, 0.4) is 0 Å². The zero-order valence-electron chi connectivity index (χ0n) is 9.15. The number of nitrogens with one attached hydrogen (secondary N) is 1. The number of rotatable bonds is 4. The second-order valence-electron chi connectivity index (χ2n) is 4.38. The Labute approximate surface area is 95.3 Å². The molecule has 0 spiro atoms. The lowest BCUT2D eigenvalue weighted by molar-refractivity contribution is 0.439. The van der Waals surface area contributed by atoms with E-state index in [0.717, 1.165) is 12.3 Å². The monoisotopic (exact) mass is 213 g/mol. The minimum absolute atomic E-state index is 0.202. The predicted molar refractivity (Wildman–Crippen MR) is 62.9 cm³/mol. The van der Waals surface area contributed by atoms with Gasteiger partial charge in [-0.25, -0.2) is 0 Å². The topological polar surface area (TPSA) is 25.2 Å². The molecule has 1 aliphatic rings. The van der Waals surface area contributed by atoms with Gasteiger partial charge in [0, 0.05) is 5.54 Å². The molecule has 82 valence electrons. The van der Waals surface area contributed by atoms with Crippen LogP contribution in [0.5, 0.6) is 0 Å². The van der Waals surface area contributed by atoms with Crippen molar-refractivity contribution in [2.75, 3.05) is 0 Å². The lowest BCUT2D eigenvalue weighted by atomic mass is 10.1. The second-order valence-corrected chi connectivity index (χ2v) is 4.38. The van der Waals surface area contributed by atoms with Gasteiger partial charge < -0.3 is 9.73 Å². The molecule has 0 unspecified atom stereocenters. The molecule has 2 heteroatoms. The van der Waals surface area contributed by atoms with Gasteiger partial charge in [0.2, 0.25) is 0 Å². The van der Waals surface area contributed by atoms with Crippen LogP contribution in [0.4, 0.5) is 0 Å². The first-order valence-electron chi connectivity index (χ1n) is 5.72. The van der Waals surface area contributed by atoms with Crippen LogP contribution >= 0.6 is 0 Å². The first kappa shape index (κ1) is 9.67. The molecule has 16 heavy (non-hydrogen) atoms. The van der Waals surface area contributed by atoms with Gasteiger partial charge in [0.1, 0.15) is 5.76 Å². The molecule has 1 N–H and O–H groups in total. The second kappa shape index (κ2) is 3.80. The Morgan fingerprint density at radius 1 is 1.06 bits per heavy atom. The third kappa shape index (κ3) is 1.76. The molecule has 3 rings (SSSR count). The van der Waals surface area contributed by atoms with Gasteiger partial charge in [0.15, 0.2) is 0 Å². The Hall–Kier alpha value is -1.54. The van der Waals surface area contributed by atoms with Gasteiger partial charge in [-0.15, -0.1) is 0 Å². The zero-order valence-corrected chi connectivity index (χ0v) is 9.15. The van der Waals surface area contributed by atoms with E-state index < -0.39 is 0 Å². The first-order chi connectivity index (χ1) is 7.89. The van der Waals surface area contributed by atoms with E-state index in [0.29, 0.717) is 0 Å². The zero-order chi connectivity index (χ0) is 10.8. The number of benzene rings is 1. The Morgan fingerprint density at radius 3 is 2.50 bits per heavy atom. The first-order valence-corrected chi connectivity index (χ1v) is 5.72. The average molecular weight is 213 g/mol. The smallest absolute Gasteiger partial charge is 0.117 e. The van der Waals surface area contributed by atoms with Crippen molar-refractivity contribution in [2.45, 2.75) is 24.9 Å². The number of hydrogen-bond donors (Lipinski definition) is 1. The summed E-state index contributed by atoms with van der Waals surface area (Å²) in [7, 11) is 0. The fourth-order valence-electron chi connectivity index (χ4n) is 2.12. The van der Waals surface area contributed by atoms with E-state index in [1.807, 2.05) is 12.1 Å². The van der Waals surface area contributed by atoms with E-state index in [4.69, 9.17) is 4.42 Å². The molecule has 1 aromatic carbocycles. The highest BCUT2D eigenvalue weighted by Gasteiger charge is 2.43. The molecule has 0 bridgehead atoms. The fraction of sp³-hybridized carbons (Fsp3) is 0.286. The summed E-state index contributed by atoms with van der Waals surface area (Å²) >= 11 is 0. The molecular formula is C14H15NO. The molecular weight excluding hydrogens is 198 g/mol. The van der Waals surface area contributed by atoms with Crippen molar-refractivity contribution in [1.82, 2.24) is 5.32 Å². The molecule has 0 saturated heterocycles. The van der Waals surface area contributed by atoms with Crippen LogP contribution in [0.1, 0.15) is 24.2 Å². The Kier molecular flexibility index (Phi) is 2.29. The van der Waals surface area contributed by atoms with Crippen LogP contribution in [-0.2, 0) is 12.1 Å². The van der Waals surface area contributed by atoms with Crippen molar-refractivity contribution < 1.29 is 4.42 Å². The normalized spacial score (nSPS) is 17.2. The summed E-state index contributed by atoms with van der Waals surface area (Å²) in [5.74, 6) is 1.00. The van der Waals surface area contributed by atoms with E-state index >= 15 is 0 Å². The van der Waals surface area contributed by atoms with Crippen LogP contribution < -0.4 is 5.32 Å². The van der Waals surface area contributed by atoms with Crippen molar-refractivity contribution in [1.29, 1.82) is 0 Å². The highest BCUT2D eigenvalue weighted by molar-refractivity contribution is 5.29. The molecule has 1 aliphatic carbocycles. The lowest BCUT2D eigenvalue weighted by Gasteiger charge is -2.16. The highest BCUT2D eigenvalue weighted by atomic mass is 16.3. The Balaban J connectivity index is 1.71. The molecule has 2 nitrogen and oxygen atoms in total. The van der Waals surface area contributed by atoms with E-state index in [1.54, 1.807) is 6.26 Å². The molecule has 1 saturated carbocycles. The summed E-state index contributed by atoms with van der Waals surface area (Å²) in [5.41, 5.74) is 1.59. The summed E-state index contributed by atoms with van der Waals surface area (Å²) < 4.78 is 5.33. The number of hydrogen-bond acceptors (Lipinski definition) is 2. The summed E-state index contributed by atoms with van der Waals surface area (Å²) in [6.07, 6.45) is 4.16. The molecule has 0 aliphatic heterocycles. The maximum absolute atomic E-state index is 5.33. The summed E-state index contributed by atoms with van der Waals surface area (Å²) in [6, 6.07) is 14.6. The molecule has 1 aromatic heterocycles.